The Hall–Kier alpha value is -1.89. The van der Waals surface area contributed by atoms with Gasteiger partial charge in [0, 0.05) is 18.9 Å². The van der Waals surface area contributed by atoms with Crippen molar-refractivity contribution >= 4 is 11.9 Å². The molecule has 2 unspecified atom stereocenters. The summed E-state index contributed by atoms with van der Waals surface area (Å²) in [6.07, 6.45) is 46.2. The summed E-state index contributed by atoms with van der Waals surface area (Å²) in [5.41, 5.74) is 0. The summed E-state index contributed by atoms with van der Waals surface area (Å²) in [6.45, 7) is 14.6. The van der Waals surface area contributed by atoms with Crippen LogP contribution in [0.3, 0.4) is 0 Å². The normalized spacial score (nSPS) is 12.6. The molecule has 340 valence electrons. The van der Waals surface area contributed by atoms with E-state index < -0.39 is 0 Å². The van der Waals surface area contributed by atoms with Gasteiger partial charge < -0.3 is 18.9 Å². The van der Waals surface area contributed by atoms with E-state index in [-0.39, 0.29) is 23.8 Å². The molecule has 1 heterocycles. The van der Waals surface area contributed by atoms with Gasteiger partial charge in [0.15, 0.2) is 0 Å². The number of aromatic nitrogens is 2. The smallest absolute Gasteiger partial charge is 0.308 e. The van der Waals surface area contributed by atoms with Crippen molar-refractivity contribution in [2.45, 2.75) is 253 Å². The molecular formula is C51H97N3O4. The van der Waals surface area contributed by atoms with Crippen molar-refractivity contribution in [1.29, 1.82) is 0 Å². The first-order valence-corrected chi connectivity index (χ1v) is 25.6. The van der Waals surface area contributed by atoms with Crippen LogP contribution >= 0.6 is 0 Å². The molecule has 1 aromatic heterocycles. The first kappa shape index (κ1) is 54.1. The van der Waals surface area contributed by atoms with E-state index in [1.807, 2.05) is 12.5 Å². The molecule has 0 radical (unpaired) electrons. The van der Waals surface area contributed by atoms with Crippen molar-refractivity contribution in [3.63, 3.8) is 0 Å². The molecule has 2 atom stereocenters. The van der Waals surface area contributed by atoms with E-state index in [2.05, 4.69) is 48.3 Å². The molecule has 7 nitrogen and oxygen atoms in total. The average Bonchev–Trinajstić information content (AvgIpc) is 3.76. The first-order chi connectivity index (χ1) is 28.5. The molecule has 0 amide bonds. The average molecular weight is 816 g/mol. The highest BCUT2D eigenvalue weighted by Crippen LogP contribution is 2.22. The van der Waals surface area contributed by atoms with E-state index in [0.717, 1.165) is 103 Å². The highest BCUT2D eigenvalue weighted by atomic mass is 16.5. The molecule has 0 fully saturated rings. The van der Waals surface area contributed by atoms with Crippen molar-refractivity contribution in [2.24, 2.45) is 11.8 Å². The third kappa shape index (κ3) is 32.9. The highest BCUT2D eigenvalue weighted by Gasteiger charge is 2.20. The lowest BCUT2D eigenvalue weighted by atomic mass is 9.94. The van der Waals surface area contributed by atoms with Crippen molar-refractivity contribution in [2.75, 3.05) is 32.8 Å². The zero-order valence-electron chi connectivity index (χ0n) is 39.1. The number of nitrogens with zero attached hydrogens (tertiary/aromatic N) is 3. The minimum atomic E-state index is 0.0654. The Bertz CT molecular complexity index is 944. The number of esters is 2. The molecule has 58 heavy (non-hydrogen) atoms. The third-order valence-corrected chi connectivity index (χ3v) is 12.2. The van der Waals surface area contributed by atoms with Crippen LogP contribution in [0.2, 0.25) is 0 Å². The van der Waals surface area contributed by atoms with E-state index in [1.165, 1.54) is 141 Å². The SMILES string of the molecule is CCCCCCCCC(CCCCCC)C(=O)OCCCCCCN(CCCCCCOC(=O)C(CCCCCC)CCCCCCCC)CCCCn1ccnc1. The molecule has 0 saturated carbocycles. The lowest BCUT2D eigenvalue weighted by Gasteiger charge is -2.22. The van der Waals surface area contributed by atoms with Crippen LogP contribution in [-0.2, 0) is 25.6 Å². The van der Waals surface area contributed by atoms with E-state index >= 15 is 0 Å². The number of carbonyl (C=O) groups excluding carboxylic acids is 2. The number of imidazole rings is 1. The maximum absolute atomic E-state index is 13.1. The summed E-state index contributed by atoms with van der Waals surface area (Å²) in [5, 5.41) is 0. The Kier molecular flexibility index (Phi) is 39.0. The van der Waals surface area contributed by atoms with Crippen LogP contribution in [0, 0.1) is 11.8 Å². The van der Waals surface area contributed by atoms with Crippen LogP contribution in [0.5, 0.6) is 0 Å². The minimum absolute atomic E-state index is 0.0654. The molecule has 0 aliphatic heterocycles. The van der Waals surface area contributed by atoms with E-state index in [9.17, 15) is 9.59 Å². The van der Waals surface area contributed by atoms with E-state index in [4.69, 9.17) is 9.47 Å². The zero-order chi connectivity index (χ0) is 42.0. The number of unbranched alkanes of at least 4 members (excludes halogenated alkanes) is 23. The van der Waals surface area contributed by atoms with Crippen LogP contribution in [0.25, 0.3) is 0 Å². The summed E-state index contributed by atoms with van der Waals surface area (Å²) in [6, 6.07) is 0. The fourth-order valence-corrected chi connectivity index (χ4v) is 8.28. The quantitative estimate of drug-likeness (QED) is 0.0482. The van der Waals surface area contributed by atoms with Crippen LogP contribution < -0.4 is 0 Å². The second kappa shape index (κ2) is 41.8. The Morgan fingerprint density at radius 1 is 0.466 bits per heavy atom. The Morgan fingerprint density at radius 2 is 0.810 bits per heavy atom. The van der Waals surface area contributed by atoms with Gasteiger partial charge >= 0.3 is 11.9 Å². The van der Waals surface area contributed by atoms with Crippen molar-refractivity contribution < 1.29 is 19.1 Å². The number of ether oxygens (including phenoxy) is 2. The number of rotatable bonds is 45. The van der Waals surface area contributed by atoms with Gasteiger partial charge in [0.2, 0.25) is 0 Å². The lowest BCUT2D eigenvalue weighted by Crippen LogP contribution is -2.27. The van der Waals surface area contributed by atoms with Gasteiger partial charge in [-0.2, -0.15) is 0 Å². The number of carbonyl (C=O) groups is 2. The fourth-order valence-electron chi connectivity index (χ4n) is 8.28. The second-order valence-electron chi connectivity index (χ2n) is 17.7. The van der Waals surface area contributed by atoms with Crippen LogP contribution in [0.4, 0.5) is 0 Å². The van der Waals surface area contributed by atoms with Crippen LogP contribution in [0.15, 0.2) is 18.7 Å². The monoisotopic (exact) mass is 816 g/mol. The standard InChI is InChI=1S/C51H97N3O4/c1-5-9-13-17-19-27-37-48(35-25-15-11-7-3)50(55)57-45-33-23-21-29-40-53(42-31-32-43-54-44-39-52-47-54)41-30-22-24-34-46-58-51(56)49(36-26-16-12-8-4)38-28-20-18-14-10-6-2/h39,44,47-49H,5-38,40-43,45-46H2,1-4H3. The lowest BCUT2D eigenvalue weighted by molar-refractivity contribution is -0.150. The Balaban J connectivity index is 2.39. The molecule has 0 spiro atoms. The summed E-state index contributed by atoms with van der Waals surface area (Å²) in [7, 11) is 0. The van der Waals surface area contributed by atoms with Gasteiger partial charge in [-0.3, -0.25) is 9.59 Å². The van der Waals surface area contributed by atoms with Crippen molar-refractivity contribution in [3.05, 3.63) is 18.7 Å². The van der Waals surface area contributed by atoms with Gasteiger partial charge in [0.05, 0.1) is 31.4 Å². The van der Waals surface area contributed by atoms with E-state index in [0.29, 0.717) is 13.2 Å². The molecule has 1 aromatic rings. The molecule has 0 aliphatic rings. The number of hydrogen-bond acceptors (Lipinski definition) is 6. The number of hydrogen-bond donors (Lipinski definition) is 0. The van der Waals surface area contributed by atoms with E-state index in [1.54, 1.807) is 0 Å². The summed E-state index contributed by atoms with van der Waals surface area (Å²) in [4.78, 5) is 33.0. The highest BCUT2D eigenvalue weighted by molar-refractivity contribution is 5.72. The van der Waals surface area contributed by atoms with Gasteiger partial charge in [-0.05, 0) is 83.8 Å². The van der Waals surface area contributed by atoms with Crippen LogP contribution in [0.1, 0.15) is 246 Å². The summed E-state index contributed by atoms with van der Waals surface area (Å²) in [5.74, 6) is 0.321. The second-order valence-corrected chi connectivity index (χ2v) is 17.7. The number of aryl methyl sites for hydroxylation is 1. The summed E-state index contributed by atoms with van der Waals surface area (Å²) >= 11 is 0. The minimum Gasteiger partial charge on any atom is -0.465 e. The largest absolute Gasteiger partial charge is 0.465 e. The molecule has 0 bridgehead atoms. The van der Waals surface area contributed by atoms with Crippen LogP contribution in [-0.4, -0.2) is 59.2 Å². The maximum Gasteiger partial charge on any atom is 0.308 e. The Morgan fingerprint density at radius 3 is 1.21 bits per heavy atom. The maximum atomic E-state index is 13.1. The van der Waals surface area contributed by atoms with Gasteiger partial charge in [-0.15, -0.1) is 0 Å². The zero-order valence-corrected chi connectivity index (χ0v) is 39.1. The molecule has 0 saturated heterocycles. The first-order valence-electron chi connectivity index (χ1n) is 25.6. The van der Waals surface area contributed by atoms with Crippen molar-refractivity contribution in [1.82, 2.24) is 14.5 Å². The molecule has 7 heteroatoms. The topological polar surface area (TPSA) is 73.7 Å². The molecule has 1 rings (SSSR count). The van der Waals surface area contributed by atoms with Gasteiger partial charge in [0.1, 0.15) is 0 Å². The summed E-state index contributed by atoms with van der Waals surface area (Å²) < 4.78 is 13.9. The van der Waals surface area contributed by atoms with Crippen molar-refractivity contribution in [3.8, 4) is 0 Å². The van der Waals surface area contributed by atoms with Gasteiger partial charge in [0.25, 0.3) is 0 Å². The molecular weight excluding hydrogens is 719 g/mol. The molecule has 0 aromatic carbocycles. The Labute approximate surface area is 360 Å². The van der Waals surface area contributed by atoms with Gasteiger partial charge in [-0.25, -0.2) is 4.98 Å². The predicted octanol–water partition coefficient (Wildman–Crippen LogP) is 14.8. The fraction of sp³-hybridized carbons (Fsp3) is 0.902. The molecule has 0 aliphatic carbocycles. The molecule has 0 N–H and O–H groups in total. The third-order valence-electron chi connectivity index (χ3n) is 12.2. The van der Waals surface area contributed by atoms with Gasteiger partial charge in [-0.1, -0.05) is 182 Å². The predicted molar refractivity (Wildman–Crippen MR) is 247 cm³/mol.